The van der Waals surface area contributed by atoms with Gasteiger partial charge in [0.15, 0.2) is 11.6 Å². The highest BCUT2D eigenvalue weighted by Gasteiger charge is 2.42. The van der Waals surface area contributed by atoms with Crippen LogP contribution in [0.25, 0.3) is 16.8 Å². The smallest absolute Gasteiger partial charge is 0.196 e. The summed E-state index contributed by atoms with van der Waals surface area (Å²) in [6.07, 6.45) is 0.435. The fourth-order valence-electron chi connectivity index (χ4n) is 3.94. The van der Waals surface area contributed by atoms with E-state index in [0.29, 0.717) is 23.1 Å². The summed E-state index contributed by atoms with van der Waals surface area (Å²) in [4.78, 5) is 25.7. The molecule has 23 heavy (non-hydrogen) atoms. The normalized spacial score (nSPS) is 19.1. The molecule has 1 aromatic carbocycles. The van der Waals surface area contributed by atoms with Crippen molar-refractivity contribution in [2.45, 2.75) is 33.2 Å². The average Bonchev–Trinajstić information content (AvgIpc) is 3.00. The maximum atomic E-state index is 12.9. The maximum Gasteiger partial charge on any atom is 0.196 e. The first-order chi connectivity index (χ1) is 10.9. The summed E-state index contributed by atoms with van der Waals surface area (Å²) in [5.74, 6) is 0.159. The molecule has 3 heteroatoms. The van der Waals surface area contributed by atoms with Crippen molar-refractivity contribution >= 4 is 17.1 Å². The first kappa shape index (κ1) is 14.2. The summed E-state index contributed by atoms with van der Waals surface area (Å²) < 4.78 is 2.14. The molecule has 116 valence electrons. The van der Waals surface area contributed by atoms with Crippen molar-refractivity contribution in [3.8, 4) is 11.3 Å². The van der Waals surface area contributed by atoms with Crippen molar-refractivity contribution < 1.29 is 9.59 Å². The van der Waals surface area contributed by atoms with Gasteiger partial charge in [0.05, 0.1) is 22.5 Å². The van der Waals surface area contributed by atoms with E-state index in [1.54, 1.807) is 0 Å². The Morgan fingerprint density at radius 2 is 1.74 bits per heavy atom. The van der Waals surface area contributed by atoms with Crippen molar-refractivity contribution in [3.63, 3.8) is 0 Å². The summed E-state index contributed by atoms with van der Waals surface area (Å²) in [7, 11) is 0. The van der Waals surface area contributed by atoms with Crippen LogP contribution in [0.2, 0.25) is 0 Å². The van der Waals surface area contributed by atoms with Crippen LogP contribution >= 0.6 is 0 Å². The van der Waals surface area contributed by atoms with Gasteiger partial charge in [-0.25, -0.2) is 0 Å². The van der Waals surface area contributed by atoms with Crippen LogP contribution in [-0.4, -0.2) is 16.1 Å². The van der Waals surface area contributed by atoms with Gasteiger partial charge in [-0.05, 0) is 25.3 Å². The molecule has 1 heterocycles. The number of aromatic nitrogens is 1. The molecule has 0 N–H and O–H groups in total. The predicted molar refractivity (Wildman–Crippen MR) is 90.8 cm³/mol. The van der Waals surface area contributed by atoms with E-state index in [0.717, 1.165) is 22.5 Å². The molecule has 0 bridgehead atoms. The molecule has 0 spiro atoms. The molecule has 2 aliphatic rings. The zero-order valence-corrected chi connectivity index (χ0v) is 13.6. The Morgan fingerprint density at radius 1 is 1.09 bits per heavy atom. The lowest BCUT2D eigenvalue weighted by atomic mass is 9.82. The molecule has 1 aromatic heterocycles. The summed E-state index contributed by atoms with van der Waals surface area (Å²) in [5.41, 5.74) is 5.56. The van der Waals surface area contributed by atoms with Crippen molar-refractivity contribution in [2.75, 3.05) is 0 Å². The first-order valence-corrected chi connectivity index (χ1v) is 8.08. The van der Waals surface area contributed by atoms with Crippen LogP contribution in [0.5, 0.6) is 0 Å². The Balaban J connectivity index is 2.16. The number of carbonyl (C=O) groups is 2. The van der Waals surface area contributed by atoms with Crippen molar-refractivity contribution in [2.24, 2.45) is 5.92 Å². The molecule has 0 radical (unpaired) electrons. The lowest BCUT2D eigenvalue weighted by Crippen LogP contribution is -2.20. The molecule has 2 aromatic rings. The zero-order chi connectivity index (χ0) is 16.5. The van der Waals surface area contributed by atoms with Crippen molar-refractivity contribution in [1.29, 1.82) is 0 Å². The monoisotopic (exact) mass is 305 g/mol. The van der Waals surface area contributed by atoms with Crippen LogP contribution in [-0.2, 0) is 0 Å². The van der Waals surface area contributed by atoms with E-state index in [-0.39, 0.29) is 23.5 Å². The minimum Gasteiger partial charge on any atom is -0.337 e. The quantitative estimate of drug-likeness (QED) is 0.663. The highest BCUT2D eigenvalue weighted by atomic mass is 16.1. The van der Waals surface area contributed by atoms with Crippen LogP contribution in [0.4, 0.5) is 0 Å². The number of carbonyl (C=O) groups excluding carboxylic acids is 2. The SMILES string of the molecule is C=C1c2c(c3c(n2C(C)C)-c2ccccc2C3=O)C(=O)CC1C. The zero-order valence-electron chi connectivity index (χ0n) is 13.6. The van der Waals surface area contributed by atoms with Gasteiger partial charge in [0, 0.05) is 23.6 Å². The van der Waals surface area contributed by atoms with Gasteiger partial charge in [0.2, 0.25) is 0 Å². The van der Waals surface area contributed by atoms with E-state index < -0.39 is 0 Å². The minimum atomic E-state index is -0.0260. The number of nitrogens with zero attached hydrogens (tertiary/aromatic N) is 1. The molecule has 0 saturated carbocycles. The number of allylic oxidation sites excluding steroid dienone is 1. The molecule has 0 aliphatic heterocycles. The Kier molecular flexibility index (Phi) is 2.80. The Bertz CT molecular complexity index is 899. The van der Waals surface area contributed by atoms with Gasteiger partial charge in [0.1, 0.15) is 0 Å². The number of rotatable bonds is 1. The number of benzene rings is 1. The van der Waals surface area contributed by atoms with Crippen LogP contribution in [0.3, 0.4) is 0 Å². The summed E-state index contributed by atoms with van der Waals surface area (Å²) in [6, 6.07) is 7.79. The number of Topliss-reactive ketones (excluding diaryl/α,β-unsaturated/α-hetero) is 1. The molecule has 1 atom stereocenters. The highest BCUT2D eigenvalue weighted by molar-refractivity contribution is 6.27. The molecular weight excluding hydrogens is 286 g/mol. The Hall–Kier alpha value is -2.42. The number of ketones is 2. The van der Waals surface area contributed by atoms with Crippen LogP contribution in [0, 0.1) is 5.92 Å². The molecule has 3 nitrogen and oxygen atoms in total. The Labute approximate surface area is 135 Å². The largest absolute Gasteiger partial charge is 0.337 e. The van der Waals surface area contributed by atoms with Gasteiger partial charge in [-0.1, -0.05) is 37.8 Å². The third-order valence-electron chi connectivity index (χ3n) is 5.05. The third kappa shape index (κ3) is 1.65. The molecule has 0 saturated heterocycles. The second-order valence-corrected chi connectivity index (χ2v) is 6.84. The fraction of sp³-hybridized carbons (Fsp3) is 0.300. The topological polar surface area (TPSA) is 39.1 Å². The van der Waals surface area contributed by atoms with Gasteiger partial charge < -0.3 is 4.57 Å². The van der Waals surface area contributed by atoms with Gasteiger partial charge in [-0.3, -0.25) is 9.59 Å². The number of hydrogen-bond donors (Lipinski definition) is 0. The van der Waals surface area contributed by atoms with E-state index in [1.807, 2.05) is 31.2 Å². The number of fused-ring (bicyclic) bond motifs is 5. The van der Waals surface area contributed by atoms with Gasteiger partial charge in [0.25, 0.3) is 0 Å². The van der Waals surface area contributed by atoms with E-state index >= 15 is 0 Å². The molecule has 2 aliphatic carbocycles. The molecule has 1 unspecified atom stereocenters. The standard InChI is InChI=1S/C20H19NO2/c1-10(2)21-18-12(4)11(3)9-15(22)16(18)17-19(21)13-7-5-6-8-14(13)20(17)23/h5-8,10-11H,4,9H2,1-3H3. The van der Waals surface area contributed by atoms with Crippen molar-refractivity contribution in [3.05, 3.63) is 53.2 Å². The summed E-state index contributed by atoms with van der Waals surface area (Å²) in [6.45, 7) is 10.4. The fourth-order valence-corrected chi connectivity index (χ4v) is 3.94. The van der Waals surface area contributed by atoms with Crippen LogP contribution < -0.4 is 0 Å². The van der Waals surface area contributed by atoms with E-state index in [9.17, 15) is 9.59 Å². The van der Waals surface area contributed by atoms with Gasteiger partial charge in [-0.15, -0.1) is 0 Å². The van der Waals surface area contributed by atoms with Gasteiger partial charge >= 0.3 is 0 Å². The first-order valence-electron chi connectivity index (χ1n) is 8.08. The van der Waals surface area contributed by atoms with E-state index in [4.69, 9.17) is 0 Å². The summed E-state index contributed by atoms with van der Waals surface area (Å²) >= 11 is 0. The van der Waals surface area contributed by atoms with E-state index in [2.05, 4.69) is 25.0 Å². The molecular formula is C20H19NO2. The highest BCUT2D eigenvalue weighted by Crippen LogP contribution is 2.48. The average molecular weight is 305 g/mol. The molecule has 0 fully saturated rings. The molecule has 4 rings (SSSR count). The van der Waals surface area contributed by atoms with Crippen LogP contribution in [0.1, 0.15) is 65.2 Å². The predicted octanol–water partition coefficient (Wildman–Crippen LogP) is 4.52. The van der Waals surface area contributed by atoms with Crippen LogP contribution in [0.15, 0.2) is 30.8 Å². The Morgan fingerprint density at radius 3 is 2.39 bits per heavy atom. The lowest BCUT2D eigenvalue weighted by molar-refractivity contribution is 0.0956. The van der Waals surface area contributed by atoms with Crippen molar-refractivity contribution in [1.82, 2.24) is 4.57 Å². The second kappa shape index (κ2) is 4.54. The second-order valence-electron chi connectivity index (χ2n) is 6.84. The lowest BCUT2D eigenvalue weighted by Gasteiger charge is -2.26. The maximum absolute atomic E-state index is 12.9. The third-order valence-corrected chi connectivity index (χ3v) is 5.05. The van der Waals surface area contributed by atoms with E-state index in [1.165, 1.54) is 0 Å². The molecule has 0 amide bonds. The summed E-state index contributed by atoms with van der Waals surface area (Å²) in [5, 5.41) is 0. The minimum absolute atomic E-state index is 0.0260. The van der Waals surface area contributed by atoms with Gasteiger partial charge in [-0.2, -0.15) is 0 Å². The number of hydrogen-bond acceptors (Lipinski definition) is 2.